The normalized spacial score (nSPS) is 13.8. The highest BCUT2D eigenvalue weighted by molar-refractivity contribution is 6.32. The van der Waals surface area contributed by atoms with Gasteiger partial charge in [-0.3, -0.25) is 4.79 Å². The number of anilines is 1. The molecule has 0 radical (unpaired) electrons. The first-order valence-electron chi connectivity index (χ1n) is 5.89. The molecule has 1 aromatic carbocycles. The zero-order chi connectivity index (χ0) is 13.0. The zero-order valence-electron chi connectivity index (χ0n) is 9.87. The van der Waals surface area contributed by atoms with Crippen LogP contribution in [-0.2, 0) is 4.79 Å². The fraction of sp³-hybridized carbons (Fsp3) is 0.385. The summed E-state index contributed by atoms with van der Waals surface area (Å²) < 4.78 is 0. The van der Waals surface area contributed by atoms with Gasteiger partial charge in [-0.25, -0.2) is 0 Å². The van der Waals surface area contributed by atoms with Gasteiger partial charge in [0.25, 0.3) is 0 Å². The lowest BCUT2D eigenvalue weighted by atomic mass is 10.2. The van der Waals surface area contributed by atoms with Gasteiger partial charge in [-0.2, -0.15) is 5.26 Å². The van der Waals surface area contributed by atoms with Crippen molar-refractivity contribution in [3.63, 3.8) is 0 Å². The van der Waals surface area contributed by atoms with E-state index in [1.807, 2.05) is 6.07 Å². The second kappa shape index (κ2) is 5.74. The molecule has 1 saturated carbocycles. The number of carbonyl (C=O) groups excluding carboxylic acids is 1. The van der Waals surface area contributed by atoms with Crippen LogP contribution in [-0.4, -0.2) is 19.0 Å². The molecule has 1 amide bonds. The molecule has 0 aliphatic heterocycles. The third kappa shape index (κ3) is 3.64. The molecule has 0 aromatic heterocycles. The van der Waals surface area contributed by atoms with Crippen molar-refractivity contribution in [3.8, 4) is 6.07 Å². The van der Waals surface area contributed by atoms with Crippen molar-refractivity contribution >= 4 is 23.2 Å². The van der Waals surface area contributed by atoms with Crippen molar-refractivity contribution in [1.29, 1.82) is 5.26 Å². The van der Waals surface area contributed by atoms with Gasteiger partial charge in [0.05, 0.1) is 17.1 Å². The second-order valence-electron chi connectivity index (χ2n) is 4.41. The Balaban J connectivity index is 1.80. The molecule has 0 bridgehead atoms. The molecule has 1 aliphatic carbocycles. The highest BCUT2D eigenvalue weighted by Gasteiger charge is 2.21. The van der Waals surface area contributed by atoms with E-state index in [1.165, 1.54) is 12.8 Å². The van der Waals surface area contributed by atoms with Crippen LogP contribution in [0.15, 0.2) is 18.2 Å². The minimum atomic E-state index is -0.0256. The van der Waals surface area contributed by atoms with Crippen molar-refractivity contribution in [1.82, 2.24) is 5.32 Å². The largest absolute Gasteiger partial charge is 0.376 e. The molecule has 2 rings (SSSR count). The molecule has 4 nitrogen and oxygen atoms in total. The van der Waals surface area contributed by atoms with Crippen molar-refractivity contribution in [2.75, 3.05) is 18.4 Å². The van der Waals surface area contributed by atoms with E-state index in [0.717, 1.165) is 12.2 Å². The molecule has 94 valence electrons. The van der Waals surface area contributed by atoms with Crippen LogP contribution < -0.4 is 10.6 Å². The Labute approximate surface area is 111 Å². The Morgan fingerprint density at radius 1 is 1.50 bits per heavy atom. The predicted octanol–water partition coefficient (Wildman–Crippen LogP) is 2.15. The number of carbonyl (C=O) groups is 1. The van der Waals surface area contributed by atoms with E-state index >= 15 is 0 Å². The molecule has 0 heterocycles. The van der Waals surface area contributed by atoms with Crippen molar-refractivity contribution in [3.05, 3.63) is 28.8 Å². The first-order chi connectivity index (χ1) is 8.69. The maximum Gasteiger partial charge on any atom is 0.239 e. The number of nitrogens with zero attached hydrogens (tertiary/aromatic N) is 1. The summed E-state index contributed by atoms with van der Waals surface area (Å²) in [6, 6.07) is 7.00. The number of rotatable bonds is 5. The van der Waals surface area contributed by atoms with Gasteiger partial charge in [0.2, 0.25) is 5.91 Å². The minimum absolute atomic E-state index is 0.0256. The topological polar surface area (TPSA) is 64.9 Å². The maximum atomic E-state index is 11.5. The number of halogens is 1. The Bertz CT molecular complexity index is 491. The number of amides is 1. The molecule has 1 aromatic rings. The summed E-state index contributed by atoms with van der Waals surface area (Å²) in [5.41, 5.74) is 1.17. The van der Waals surface area contributed by atoms with Crippen molar-refractivity contribution in [2.24, 2.45) is 5.92 Å². The van der Waals surface area contributed by atoms with E-state index < -0.39 is 0 Å². The van der Waals surface area contributed by atoms with E-state index in [-0.39, 0.29) is 12.5 Å². The molecule has 2 N–H and O–H groups in total. The summed E-state index contributed by atoms with van der Waals surface area (Å²) >= 11 is 5.89. The average Bonchev–Trinajstić information content (AvgIpc) is 3.18. The minimum Gasteiger partial charge on any atom is -0.376 e. The molecule has 18 heavy (non-hydrogen) atoms. The Morgan fingerprint density at radius 2 is 2.28 bits per heavy atom. The van der Waals surface area contributed by atoms with Crippen LogP contribution in [0.5, 0.6) is 0 Å². The number of nitrogens with one attached hydrogen (secondary N) is 2. The highest BCUT2D eigenvalue weighted by Crippen LogP contribution is 2.27. The predicted molar refractivity (Wildman–Crippen MR) is 70.4 cm³/mol. The van der Waals surface area contributed by atoms with Crippen LogP contribution in [0.3, 0.4) is 0 Å². The summed E-state index contributed by atoms with van der Waals surface area (Å²) in [5.74, 6) is 0.653. The van der Waals surface area contributed by atoms with Crippen LogP contribution in [0.1, 0.15) is 18.4 Å². The van der Waals surface area contributed by atoms with E-state index in [0.29, 0.717) is 16.5 Å². The van der Waals surface area contributed by atoms with Gasteiger partial charge in [0.1, 0.15) is 6.07 Å². The van der Waals surface area contributed by atoms with Crippen molar-refractivity contribution < 1.29 is 4.79 Å². The quantitative estimate of drug-likeness (QED) is 0.856. The van der Waals surface area contributed by atoms with Gasteiger partial charge in [0.15, 0.2) is 0 Å². The van der Waals surface area contributed by atoms with Gasteiger partial charge in [-0.05, 0) is 37.0 Å². The molecule has 1 aliphatic rings. The van der Waals surface area contributed by atoms with Gasteiger partial charge in [0, 0.05) is 12.2 Å². The summed E-state index contributed by atoms with van der Waals surface area (Å²) in [4.78, 5) is 11.5. The molecular weight excluding hydrogens is 250 g/mol. The van der Waals surface area contributed by atoms with Crippen LogP contribution in [0, 0.1) is 17.2 Å². The lowest BCUT2D eigenvalue weighted by Crippen LogP contribution is -2.31. The van der Waals surface area contributed by atoms with E-state index in [4.69, 9.17) is 16.9 Å². The standard InChI is InChI=1S/C13H14ClN3O/c14-12-5-11(4-3-10(12)6-15)16-8-13(18)17-7-9-1-2-9/h3-5,9,16H,1-2,7-8H2,(H,17,18). The third-order valence-electron chi connectivity index (χ3n) is 2.83. The maximum absolute atomic E-state index is 11.5. The zero-order valence-corrected chi connectivity index (χ0v) is 10.6. The Kier molecular flexibility index (Phi) is 4.06. The van der Waals surface area contributed by atoms with E-state index in [2.05, 4.69) is 10.6 Å². The van der Waals surface area contributed by atoms with E-state index in [9.17, 15) is 4.79 Å². The first-order valence-corrected chi connectivity index (χ1v) is 6.27. The van der Waals surface area contributed by atoms with E-state index in [1.54, 1.807) is 18.2 Å². The van der Waals surface area contributed by atoms with Crippen LogP contribution in [0.2, 0.25) is 5.02 Å². The number of nitriles is 1. The molecule has 0 unspecified atom stereocenters. The second-order valence-corrected chi connectivity index (χ2v) is 4.81. The molecule has 1 fully saturated rings. The monoisotopic (exact) mass is 263 g/mol. The van der Waals surface area contributed by atoms with Crippen LogP contribution in [0.4, 0.5) is 5.69 Å². The first kappa shape index (κ1) is 12.7. The summed E-state index contributed by atoms with van der Waals surface area (Å²) in [6.45, 7) is 0.990. The number of benzene rings is 1. The average molecular weight is 264 g/mol. The summed E-state index contributed by atoms with van der Waals surface area (Å²) in [6.07, 6.45) is 2.44. The van der Waals surface area contributed by atoms with Gasteiger partial charge in [-0.15, -0.1) is 0 Å². The molecule has 0 saturated heterocycles. The lowest BCUT2D eigenvalue weighted by Gasteiger charge is -2.08. The smallest absolute Gasteiger partial charge is 0.239 e. The SMILES string of the molecule is N#Cc1ccc(NCC(=O)NCC2CC2)cc1Cl. The fourth-order valence-electron chi connectivity index (χ4n) is 1.54. The molecule has 5 heteroatoms. The number of hydrogen-bond acceptors (Lipinski definition) is 3. The fourth-order valence-corrected chi connectivity index (χ4v) is 1.76. The third-order valence-corrected chi connectivity index (χ3v) is 3.14. The summed E-state index contributed by atoms with van der Waals surface area (Å²) in [5, 5.41) is 15.0. The Hall–Kier alpha value is -1.73. The molecule has 0 spiro atoms. The van der Waals surface area contributed by atoms with Crippen LogP contribution in [0.25, 0.3) is 0 Å². The summed E-state index contributed by atoms with van der Waals surface area (Å²) in [7, 11) is 0. The molecular formula is C13H14ClN3O. The van der Waals surface area contributed by atoms with Crippen molar-refractivity contribution in [2.45, 2.75) is 12.8 Å². The lowest BCUT2D eigenvalue weighted by molar-refractivity contribution is -0.119. The molecule has 0 atom stereocenters. The Morgan fingerprint density at radius 3 is 2.89 bits per heavy atom. The van der Waals surface area contributed by atoms with Gasteiger partial charge >= 0.3 is 0 Å². The van der Waals surface area contributed by atoms with Gasteiger partial charge in [-0.1, -0.05) is 11.6 Å². The van der Waals surface area contributed by atoms with Crippen LogP contribution >= 0.6 is 11.6 Å². The van der Waals surface area contributed by atoms with Gasteiger partial charge < -0.3 is 10.6 Å². The number of hydrogen-bond donors (Lipinski definition) is 2. The highest BCUT2D eigenvalue weighted by atomic mass is 35.5.